The molecular formula is C29H31NO. The fraction of sp³-hybridized carbons (Fsp3) is 0.276. The maximum atomic E-state index is 13.1. The fourth-order valence-corrected chi connectivity index (χ4v) is 4.17. The van der Waals surface area contributed by atoms with E-state index in [1.165, 1.54) is 11.1 Å². The predicted molar refractivity (Wildman–Crippen MR) is 132 cm³/mol. The van der Waals surface area contributed by atoms with E-state index < -0.39 is 0 Å². The van der Waals surface area contributed by atoms with Crippen molar-refractivity contribution in [3.63, 3.8) is 0 Å². The first-order valence-electron chi connectivity index (χ1n) is 10.9. The van der Waals surface area contributed by atoms with Crippen molar-refractivity contribution in [2.75, 3.05) is 0 Å². The molecule has 0 aliphatic carbocycles. The van der Waals surface area contributed by atoms with Crippen LogP contribution in [0, 0.1) is 0 Å². The van der Waals surface area contributed by atoms with Crippen LogP contribution in [0.15, 0.2) is 83.7 Å². The van der Waals surface area contributed by atoms with Gasteiger partial charge in [0.15, 0.2) is 5.43 Å². The van der Waals surface area contributed by atoms with Crippen LogP contribution >= 0.6 is 0 Å². The highest BCUT2D eigenvalue weighted by molar-refractivity contribution is 5.85. The summed E-state index contributed by atoms with van der Waals surface area (Å²) >= 11 is 0. The highest BCUT2D eigenvalue weighted by Gasteiger charge is 2.24. The Balaban J connectivity index is 2.20. The number of hydrogen-bond donors (Lipinski definition) is 0. The monoisotopic (exact) mass is 409 g/mol. The molecule has 158 valence electrons. The van der Waals surface area contributed by atoms with Gasteiger partial charge in [-0.2, -0.15) is 0 Å². The molecule has 0 amide bonds. The first-order chi connectivity index (χ1) is 14.6. The number of para-hydroxylation sites is 1. The van der Waals surface area contributed by atoms with E-state index in [1.54, 1.807) is 6.07 Å². The van der Waals surface area contributed by atoms with Gasteiger partial charge in [-0.3, -0.25) is 4.79 Å². The summed E-state index contributed by atoms with van der Waals surface area (Å²) in [5.74, 6) is 0. The zero-order valence-electron chi connectivity index (χ0n) is 19.4. The second kappa shape index (κ2) is 7.53. The number of pyridine rings is 1. The molecule has 0 bridgehead atoms. The van der Waals surface area contributed by atoms with Crippen molar-refractivity contribution in [3.05, 3.63) is 100 Å². The molecule has 0 aliphatic rings. The average Bonchev–Trinajstić information content (AvgIpc) is 2.72. The van der Waals surface area contributed by atoms with E-state index in [1.807, 2.05) is 36.4 Å². The molecule has 0 aliphatic heterocycles. The predicted octanol–water partition coefficient (Wildman–Crippen LogP) is 7.25. The van der Waals surface area contributed by atoms with E-state index in [2.05, 4.69) is 82.5 Å². The smallest absolute Gasteiger partial charge is 0.190 e. The molecule has 0 saturated carbocycles. The molecule has 2 heteroatoms. The number of nitrogens with zero attached hydrogens (tertiary/aromatic N) is 1. The fourth-order valence-electron chi connectivity index (χ4n) is 4.17. The summed E-state index contributed by atoms with van der Waals surface area (Å²) in [6.45, 7) is 13.5. The van der Waals surface area contributed by atoms with Crippen molar-refractivity contribution in [2.45, 2.75) is 52.4 Å². The first-order valence-corrected chi connectivity index (χ1v) is 10.9. The molecule has 4 aromatic rings. The van der Waals surface area contributed by atoms with Crippen LogP contribution in [0.5, 0.6) is 0 Å². The molecule has 31 heavy (non-hydrogen) atoms. The largest absolute Gasteiger partial charge is 0.309 e. The first kappa shape index (κ1) is 21.1. The maximum Gasteiger partial charge on any atom is 0.190 e. The summed E-state index contributed by atoms with van der Waals surface area (Å²) in [6, 6.07) is 26.7. The van der Waals surface area contributed by atoms with Crippen LogP contribution in [0.3, 0.4) is 0 Å². The van der Waals surface area contributed by atoms with Crippen LogP contribution in [0.25, 0.3) is 27.8 Å². The average molecular weight is 410 g/mol. The molecule has 0 saturated heterocycles. The molecule has 3 aromatic carbocycles. The van der Waals surface area contributed by atoms with E-state index in [0.29, 0.717) is 0 Å². The van der Waals surface area contributed by atoms with E-state index >= 15 is 0 Å². The molecule has 2 nitrogen and oxygen atoms in total. The molecule has 0 atom stereocenters. The van der Waals surface area contributed by atoms with Gasteiger partial charge in [-0.15, -0.1) is 0 Å². The Hall–Kier alpha value is -3.13. The van der Waals surface area contributed by atoms with Crippen LogP contribution < -0.4 is 5.43 Å². The van der Waals surface area contributed by atoms with Crippen molar-refractivity contribution in [1.29, 1.82) is 0 Å². The van der Waals surface area contributed by atoms with Gasteiger partial charge in [0.05, 0.1) is 16.9 Å². The number of rotatable bonds is 2. The molecule has 0 radical (unpaired) electrons. The van der Waals surface area contributed by atoms with E-state index in [0.717, 1.165) is 27.8 Å². The van der Waals surface area contributed by atoms with Crippen LogP contribution in [0.4, 0.5) is 0 Å². The van der Waals surface area contributed by atoms with E-state index in [9.17, 15) is 4.79 Å². The molecule has 0 spiro atoms. The molecule has 0 fully saturated rings. The summed E-state index contributed by atoms with van der Waals surface area (Å²) in [6.07, 6.45) is 0. The Morgan fingerprint density at radius 1 is 0.677 bits per heavy atom. The third-order valence-corrected chi connectivity index (χ3v) is 5.90. The Morgan fingerprint density at radius 2 is 1.32 bits per heavy atom. The minimum Gasteiger partial charge on any atom is -0.309 e. The Labute approximate surface area is 185 Å². The lowest BCUT2D eigenvalue weighted by Crippen LogP contribution is -2.20. The van der Waals surface area contributed by atoms with Crippen LogP contribution in [-0.2, 0) is 10.8 Å². The Morgan fingerprint density at radius 3 is 1.97 bits per heavy atom. The van der Waals surface area contributed by atoms with Gasteiger partial charge >= 0.3 is 0 Å². The van der Waals surface area contributed by atoms with Crippen molar-refractivity contribution >= 4 is 10.9 Å². The normalized spacial score (nSPS) is 12.3. The molecule has 4 rings (SSSR count). The van der Waals surface area contributed by atoms with Gasteiger partial charge in [0, 0.05) is 11.5 Å². The van der Waals surface area contributed by atoms with Crippen molar-refractivity contribution in [1.82, 2.24) is 4.57 Å². The van der Waals surface area contributed by atoms with Gasteiger partial charge in [-0.05, 0) is 45.7 Å². The summed E-state index contributed by atoms with van der Waals surface area (Å²) in [7, 11) is 0. The van der Waals surface area contributed by atoms with Crippen molar-refractivity contribution < 1.29 is 0 Å². The van der Waals surface area contributed by atoms with Crippen LogP contribution in [0.2, 0.25) is 0 Å². The zero-order valence-corrected chi connectivity index (χ0v) is 19.4. The number of benzene rings is 3. The Kier molecular flexibility index (Phi) is 5.13. The maximum absolute atomic E-state index is 13.1. The highest BCUT2D eigenvalue weighted by Crippen LogP contribution is 2.36. The summed E-state index contributed by atoms with van der Waals surface area (Å²) in [5.41, 5.74) is 6.57. The topological polar surface area (TPSA) is 22.0 Å². The van der Waals surface area contributed by atoms with E-state index in [4.69, 9.17) is 0 Å². The lowest BCUT2D eigenvalue weighted by molar-refractivity contribution is 0.574. The lowest BCUT2D eigenvalue weighted by atomic mass is 9.81. The highest BCUT2D eigenvalue weighted by atomic mass is 16.1. The zero-order chi connectivity index (χ0) is 22.4. The third-order valence-electron chi connectivity index (χ3n) is 5.90. The van der Waals surface area contributed by atoms with Gasteiger partial charge in [0.2, 0.25) is 0 Å². The number of hydrogen-bond acceptors (Lipinski definition) is 1. The summed E-state index contributed by atoms with van der Waals surface area (Å²) in [5, 5.41) is 0.739. The third kappa shape index (κ3) is 3.95. The van der Waals surface area contributed by atoms with Crippen LogP contribution in [0.1, 0.15) is 52.7 Å². The minimum atomic E-state index is -0.0516. The van der Waals surface area contributed by atoms with Crippen LogP contribution in [-0.4, -0.2) is 4.57 Å². The Bertz CT molecular complexity index is 1300. The second-order valence-corrected chi connectivity index (χ2v) is 10.3. The molecule has 1 heterocycles. The molecular weight excluding hydrogens is 378 g/mol. The SMILES string of the molecule is CC(C)(C)c1ccc(C(C)(C)C)c(-n2c(-c3ccccc3)cc(=O)c3ccccc32)c1. The van der Waals surface area contributed by atoms with Gasteiger partial charge in [-0.25, -0.2) is 0 Å². The number of fused-ring (bicyclic) bond motifs is 1. The van der Waals surface area contributed by atoms with Gasteiger partial charge < -0.3 is 4.57 Å². The molecule has 0 unspecified atom stereocenters. The van der Waals surface area contributed by atoms with Gasteiger partial charge in [0.25, 0.3) is 0 Å². The summed E-state index contributed by atoms with van der Waals surface area (Å²) in [4.78, 5) is 13.1. The summed E-state index contributed by atoms with van der Waals surface area (Å²) < 4.78 is 2.28. The van der Waals surface area contributed by atoms with Gasteiger partial charge in [-0.1, -0.05) is 96.1 Å². The number of aromatic nitrogens is 1. The molecule has 1 aromatic heterocycles. The lowest BCUT2D eigenvalue weighted by Gasteiger charge is -2.29. The van der Waals surface area contributed by atoms with E-state index in [-0.39, 0.29) is 16.3 Å². The second-order valence-electron chi connectivity index (χ2n) is 10.3. The quantitative estimate of drug-likeness (QED) is 0.342. The standard InChI is InChI=1S/C29H31NO/c1-28(2,3)21-16-17-23(29(4,5)6)26(18-21)30-24-15-11-10-14-22(24)27(31)19-25(30)20-12-8-7-9-13-20/h7-19H,1-6H3. The van der Waals surface area contributed by atoms with Gasteiger partial charge in [0.1, 0.15) is 0 Å². The molecule has 0 N–H and O–H groups in total. The van der Waals surface area contributed by atoms with Crippen molar-refractivity contribution in [2.24, 2.45) is 0 Å². The van der Waals surface area contributed by atoms with Crippen molar-refractivity contribution in [3.8, 4) is 16.9 Å². The minimum absolute atomic E-state index is 0.0207.